The van der Waals surface area contributed by atoms with Crippen molar-refractivity contribution in [1.29, 1.82) is 0 Å². The number of ether oxygens (including phenoxy) is 1. The summed E-state index contributed by atoms with van der Waals surface area (Å²) in [7, 11) is 0. The van der Waals surface area contributed by atoms with Crippen molar-refractivity contribution in [2.75, 3.05) is 10.3 Å². The minimum atomic E-state index is -4.94. The van der Waals surface area contributed by atoms with Crippen LogP contribution in [0.5, 0.6) is 5.75 Å². The fourth-order valence-electron chi connectivity index (χ4n) is 2.68. The molecule has 0 radical (unpaired) electrons. The molecule has 0 bridgehead atoms. The van der Waals surface area contributed by atoms with Crippen LogP contribution < -0.4 is 20.8 Å². The number of para-hydroxylation sites is 2. The molecular weight excluding hydrogens is 396 g/mol. The number of carbonyl (C=O) groups excluding carboxylic acids is 2. The van der Waals surface area contributed by atoms with Crippen LogP contribution in [0.15, 0.2) is 53.6 Å². The molecule has 0 aliphatic carbocycles. The summed E-state index contributed by atoms with van der Waals surface area (Å²) in [5, 5.41) is 7.49. The van der Waals surface area contributed by atoms with Crippen LogP contribution in [-0.4, -0.2) is 29.9 Å². The van der Waals surface area contributed by atoms with Crippen molar-refractivity contribution in [2.45, 2.75) is 18.8 Å². The van der Waals surface area contributed by atoms with E-state index in [0.29, 0.717) is 5.69 Å². The number of anilines is 2. The molecule has 7 nitrogen and oxygen atoms in total. The van der Waals surface area contributed by atoms with Crippen molar-refractivity contribution in [1.82, 2.24) is 0 Å². The SMILES string of the molecule is NC(=O)C1CC(C(=O)Nc2ccccc2OC(F)(F)F)=NN1c1ccc(F)cc1. The second kappa shape index (κ2) is 7.78. The minimum Gasteiger partial charge on any atom is -0.404 e. The second-order valence-electron chi connectivity index (χ2n) is 5.99. The molecule has 1 heterocycles. The molecular formula is C18H14F4N4O3. The number of nitrogens with two attached hydrogens (primary N) is 1. The Balaban J connectivity index is 1.83. The van der Waals surface area contributed by atoms with E-state index in [-0.39, 0.29) is 17.8 Å². The summed E-state index contributed by atoms with van der Waals surface area (Å²) in [6.07, 6.45) is -5.12. The molecule has 2 aromatic rings. The van der Waals surface area contributed by atoms with Crippen molar-refractivity contribution in [3.8, 4) is 5.75 Å². The van der Waals surface area contributed by atoms with Gasteiger partial charge >= 0.3 is 6.36 Å². The number of hydrazone groups is 1. The molecule has 0 saturated carbocycles. The van der Waals surface area contributed by atoms with Gasteiger partial charge in [0.25, 0.3) is 5.91 Å². The molecule has 29 heavy (non-hydrogen) atoms. The van der Waals surface area contributed by atoms with E-state index in [2.05, 4.69) is 15.2 Å². The number of primary amides is 1. The van der Waals surface area contributed by atoms with Gasteiger partial charge in [0.15, 0.2) is 5.75 Å². The molecule has 1 atom stereocenters. The maximum Gasteiger partial charge on any atom is 0.573 e. The third-order valence-corrected chi connectivity index (χ3v) is 3.95. The van der Waals surface area contributed by atoms with Crippen LogP contribution in [0.3, 0.4) is 0 Å². The van der Waals surface area contributed by atoms with Crippen LogP contribution in [0.1, 0.15) is 6.42 Å². The maximum absolute atomic E-state index is 13.1. The quantitative estimate of drug-likeness (QED) is 0.741. The van der Waals surface area contributed by atoms with E-state index in [4.69, 9.17) is 5.73 Å². The molecule has 0 saturated heterocycles. The van der Waals surface area contributed by atoms with Gasteiger partial charge in [0, 0.05) is 6.42 Å². The zero-order valence-corrected chi connectivity index (χ0v) is 14.6. The topological polar surface area (TPSA) is 97.0 Å². The summed E-state index contributed by atoms with van der Waals surface area (Å²) in [5.74, 6) is -2.72. The Labute approximate surface area is 161 Å². The Morgan fingerprint density at radius 2 is 1.79 bits per heavy atom. The summed E-state index contributed by atoms with van der Waals surface area (Å²) in [4.78, 5) is 24.3. The number of nitrogens with zero attached hydrogens (tertiary/aromatic N) is 2. The molecule has 11 heteroatoms. The van der Waals surface area contributed by atoms with Crippen LogP contribution in [0, 0.1) is 5.82 Å². The number of carbonyl (C=O) groups is 2. The number of amides is 2. The van der Waals surface area contributed by atoms with Crippen LogP contribution in [0.4, 0.5) is 28.9 Å². The number of hydrogen-bond donors (Lipinski definition) is 2. The van der Waals surface area contributed by atoms with E-state index in [9.17, 15) is 27.2 Å². The van der Waals surface area contributed by atoms with Crippen LogP contribution in [-0.2, 0) is 9.59 Å². The molecule has 0 aromatic heterocycles. The van der Waals surface area contributed by atoms with Crippen LogP contribution in [0.25, 0.3) is 0 Å². The highest BCUT2D eigenvalue weighted by Crippen LogP contribution is 2.31. The molecule has 1 aliphatic rings. The van der Waals surface area contributed by atoms with E-state index in [1.165, 1.54) is 30.3 Å². The fourth-order valence-corrected chi connectivity index (χ4v) is 2.68. The first-order chi connectivity index (χ1) is 13.6. The summed E-state index contributed by atoms with van der Waals surface area (Å²) in [6.45, 7) is 0. The predicted octanol–water partition coefficient (Wildman–Crippen LogP) is 2.78. The van der Waals surface area contributed by atoms with Crippen molar-refractivity contribution in [2.24, 2.45) is 10.8 Å². The van der Waals surface area contributed by atoms with Gasteiger partial charge in [-0.2, -0.15) is 5.10 Å². The van der Waals surface area contributed by atoms with Gasteiger partial charge in [-0.3, -0.25) is 14.6 Å². The molecule has 1 unspecified atom stereocenters. The molecule has 2 aromatic carbocycles. The van der Waals surface area contributed by atoms with Gasteiger partial charge in [0.05, 0.1) is 11.4 Å². The lowest BCUT2D eigenvalue weighted by Gasteiger charge is -2.20. The van der Waals surface area contributed by atoms with Crippen molar-refractivity contribution < 1.29 is 31.9 Å². The highest BCUT2D eigenvalue weighted by Gasteiger charge is 2.36. The lowest BCUT2D eigenvalue weighted by atomic mass is 10.1. The first kappa shape index (κ1) is 20.1. The van der Waals surface area contributed by atoms with Gasteiger partial charge < -0.3 is 15.8 Å². The number of rotatable bonds is 5. The Morgan fingerprint density at radius 1 is 1.14 bits per heavy atom. The number of halogens is 4. The largest absolute Gasteiger partial charge is 0.573 e. The third kappa shape index (κ3) is 4.81. The fraction of sp³-hybridized carbons (Fsp3) is 0.167. The minimum absolute atomic E-state index is 0.139. The van der Waals surface area contributed by atoms with Gasteiger partial charge in [-0.05, 0) is 36.4 Å². The van der Waals surface area contributed by atoms with Gasteiger partial charge in [-0.25, -0.2) is 4.39 Å². The summed E-state index contributed by atoms with van der Waals surface area (Å²) < 4.78 is 54.6. The predicted molar refractivity (Wildman–Crippen MR) is 95.7 cm³/mol. The van der Waals surface area contributed by atoms with E-state index in [0.717, 1.165) is 23.2 Å². The second-order valence-corrected chi connectivity index (χ2v) is 5.99. The standard InChI is InChI=1S/C18H14F4N4O3/c19-10-5-7-11(8-6-10)26-14(16(23)27)9-13(25-26)17(28)24-12-3-1-2-4-15(12)29-18(20,21)22/h1-8,14H,9H2,(H2,23,27)(H,24,28). The molecule has 0 spiro atoms. The maximum atomic E-state index is 13.1. The molecule has 3 N–H and O–H groups in total. The Morgan fingerprint density at radius 3 is 2.41 bits per heavy atom. The average Bonchev–Trinajstić information content (AvgIpc) is 3.08. The van der Waals surface area contributed by atoms with Crippen molar-refractivity contribution >= 4 is 28.9 Å². The zero-order chi connectivity index (χ0) is 21.2. The van der Waals surface area contributed by atoms with E-state index < -0.39 is 35.8 Å². The summed E-state index contributed by atoms with van der Waals surface area (Å²) in [6, 6.07) is 8.95. The molecule has 3 rings (SSSR count). The lowest BCUT2D eigenvalue weighted by molar-refractivity contribution is -0.274. The van der Waals surface area contributed by atoms with Crippen LogP contribution >= 0.6 is 0 Å². The lowest BCUT2D eigenvalue weighted by Crippen LogP contribution is -2.39. The molecule has 0 fully saturated rings. The molecule has 152 valence electrons. The Bertz CT molecular complexity index is 960. The number of hydrogen-bond acceptors (Lipinski definition) is 5. The summed E-state index contributed by atoms with van der Waals surface area (Å²) >= 11 is 0. The van der Waals surface area contributed by atoms with Crippen LogP contribution in [0.2, 0.25) is 0 Å². The zero-order valence-electron chi connectivity index (χ0n) is 14.6. The first-order valence-corrected chi connectivity index (χ1v) is 8.22. The van der Waals surface area contributed by atoms with Crippen molar-refractivity contribution in [3.63, 3.8) is 0 Å². The van der Waals surface area contributed by atoms with Crippen molar-refractivity contribution in [3.05, 3.63) is 54.3 Å². The first-order valence-electron chi connectivity index (χ1n) is 8.22. The van der Waals surface area contributed by atoms with Gasteiger partial charge in [0.1, 0.15) is 17.6 Å². The monoisotopic (exact) mass is 410 g/mol. The highest BCUT2D eigenvalue weighted by molar-refractivity contribution is 6.44. The smallest absolute Gasteiger partial charge is 0.404 e. The molecule has 2 amide bonds. The summed E-state index contributed by atoms with van der Waals surface area (Å²) in [5.41, 5.74) is 5.31. The Kier molecular flexibility index (Phi) is 5.39. The Hall–Kier alpha value is -3.63. The molecule has 1 aliphatic heterocycles. The van der Waals surface area contributed by atoms with Gasteiger partial charge in [0.2, 0.25) is 5.91 Å². The van der Waals surface area contributed by atoms with E-state index in [1.54, 1.807) is 0 Å². The number of alkyl halides is 3. The average molecular weight is 410 g/mol. The number of nitrogens with one attached hydrogen (secondary N) is 1. The third-order valence-electron chi connectivity index (χ3n) is 3.95. The highest BCUT2D eigenvalue weighted by atomic mass is 19.4. The van der Waals surface area contributed by atoms with Gasteiger partial charge in [-0.15, -0.1) is 13.2 Å². The van der Waals surface area contributed by atoms with E-state index in [1.807, 2.05) is 0 Å². The van der Waals surface area contributed by atoms with Gasteiger partial charge in [-0.1, -0.05) is 12.1 Å². The number of benzene rings is 2. The van der Waals surface area contributed by atoms with E-state index >= 15 is 0 Å². The normalized spacial score (nSPS) is 16.3.